The monoisotopic (exact) mass is 267 g/mol. The highest BCUT2D eigenvalue weighted by atomic mass is 16.5. The van der Waals surface area contributed by atoms with Crippen LogP contribution in [0.2, 0.25) is 0 Å². The molecule has 0 heterocycles. The van der Waals surface area contributed by atoms with E-state index in [0.29, 0.717) is 23.7 Å². The summed E-state index contributed by atoms with van der Waals surface area (Å²) >= 11 is 0. The number of carboxylic acid groups (broad SMARTS) is 1. The Morgan fingerprint density at radius 1 is 1.32 bits per heavy atom. The van der Waals surface area contributed by atoms with E-state index in [-0.39, 0.29) is 18.9 Å². The van der Waals surface area contributed by atoms with Gasteiger partial charge in [-0.25, -0.2) is 0 Å². The van der Waals surface area contributed by atoms with E-state index in [2.05, 4.69) is 5.32 Å². The zero-order chi connectivity index (χ0) is 14.3. The van der Waals surface area contributed by atoms with E-state index < -0.39 is 5.97 Å². The molecule has 6 nitrogen and oxygen atoms in total. The lowest BCUT2D eigenvalue weighted by atomic mass is 10.2. The number of rotatable bonds is 7. The van der Waals surface area contributed by atoms with Gasteiger partial charge in [-0.2, -0.15) is 0 Å². The maximum atomic E-state index is 11.8. The van der Waals surface area contributed by atoms with Crippen molar-refractivity contribution in [3.8, 4) is 11.5 Å². The van der Waals surface area contributed by atoms with E-state index in [1.165, 1.54) is 7.11 Å². The molecule has 2 N–H and O–H groups in total. The fourth-order valence-corrected chi connectivity index (χ4v) is 1.47. The van der Waals surface area contributed by atoms with Gasteiger partial charge in [-0.3, -0.25) is 9.59 Å². The van der Waals surface area contributed by atoms with Gasteiger partial charge in [0, 0.05) is 12.1 Å². The summed E-state index contributed by atoms with van der Waals surface area (Å²) in [5.74, 6) is -0.271. The predicted molar refractivity (Wildman–Crippen MR) is 68.7 cm³/mol. The highest BCUT2D eigenvalue weighted by molar-refractivity contribution is 5.95. The van der Waals surface area contributed by atoms with Gasteiger partial charge in [-0.1, -0.05) is 0 Å². The molecule has 0 aromatic heterocycles. The molecule has 0 unspecified atom stereocenters. The number of ether oxygens (including phenoxy) is 2. The van der Waals surface area contributed by atoms with Crippen molar-refractivity contribution in [2.75, 3.05) is 20.3 Å². The van der Waals surface area contributed by atoms with Crippen molar-refractivity contribution in [2.24, 2.45) is 0 Å². The third-order valence-corrected chi connectivity index (χ3v) is 2.35. The van der Waals surface area contributed by atoms with Crippen molar-refractivity contribution < 1.29 is 24.2 Å². The van der Waals surface area contributed by atoms with Crippen molar-refractivity contribution in [1.29, 1.82) is 0 Å². The third kappa shape index (κ3) is 4.50. The summed E-state index contributed by atoms with van der Waals surface area (Å²) in [5, 5.41) is 11.0. The molecule has 0 saturated heterocycles. The summed E-state index contributed by atoms with van der Waals surface area (Å²) in [5.41, 5.74) is 0.394. The van der Waals surface area contributed by atoms with Crippen LogP contribution in [0, 0.1) is 0 Å². The van der Waals surface area contributed by atoms with E-state index in [0.717, 1.165) is 0 Å². The normalized spacial score (nSPS) is 9.79. The molecule has 1 amide bonds. The molecule has 1 aromatic carbocycles. The van der Waals surface area contributed by atoms with Crippen LogP contribution < -0.4 is 14.8 Å². The predicted octanol–water partition coefficient (Wildman–Crippen LogP) is 1.30. The topological polar surface area (TPSA) is 84.9 Å². The van der Waals surface area contributed by atoms with Crippen LogP contribution in [0.4, 0.5) is 0 Å². The maximum Gasteiger partial charge on any atom is 0.305 e. The average Bonchev–Trinajstić information content (AvgIpc) is 2.39. The van der Waals surface area contributed by atoms with Crippen LogP contribution in [0.15, 0.2) is 18.2 Å². The Morgan fingerprint density at radius 3 is 2.63 bits per heavy atom. The van der Waals surface area contributed by atoms with Crippen LogP contribution in [0.25, 0.3) is 0 Å². The lowest BCUT2D eigenvalue weighted by Crippen LogP contribution is -2.26. The second-order valence-electron chi connectivity index (χ2n) is 3.70. The molecule has 0 aliphatic rings. The van der Waals surface area contributed by atoms with E-state index in [1.807, 2.05) is 6.92 Å². The van der Waals surface area contributed by atoms with Crippen molar-refractivity contribution in [3.05, 3.63) is 23.8 Å². The molecule has 1 aromatic rings. The molecular formula is C13H17NO5. The number of amides is 1. The van der Waals surface area contributed by atoms with Gasteiger partial charge < -0.3 is 19.9 Å². The first-order valence-corrected chi connectivity index (χ1v) is 5.89. The Hall–Kier alpha value is -2.24. The summed E-state index contributed by atoms with van der Waals surface area (Å²) in [6, 6.07) is 4.80. The second-order valence-corrected chi connectivity index (χ2v) is 3.70. The van der Waals surface area contributed by atoms with Gasteiger partial charge in [0.1, 0.15) is 0 Å². The van der Waals surface area contributed by atoms with Crippen LogP contribution in [-0.4, -0.2) is 37.2 Å². The Bertz CT molecular complexity index is 458. The second kappa shape index (κ2) is 7.25. The van der Waals surface area contributed by atoms with Crippen LogP contribution in [-0.2, 0) is 4.79 Å². The van der Waals surface area contributed by atoms with Gasteiger partial charge in [0.25, 0.3) is 5.91 Å². The zero-order valence-electron chi connectivity index (χ0n) is 10.9. The summed E-state index contributed by atoms with van der Waals surface area (Å²) < 4.78 is 10.5. The van der Waals surface area contributed by atoms with E-state index in [4.69, 9.17) is 14.6 Å². The summed E-state index contributed by atoms with van der Waals surface area (Å²) in [6.45, 7) is 2.44. The Morgan fingerprint density at radius 2 is 2.05 bits per heavy atom. The molecule has 0 fully saturated rings. The van der Waals surface area contributed by atoms with Gasteiger partial charge in [-0.15, -0.1) is 0 Å². The minimum Gasteiger partial charge on any atom is -0.493 e. The Kier molecular flexibility index (Phi) is 5.66. The van der Waals surface area contributed by atoms with Crippen molar-refractivity contribution in [1.82, 2.24) is 5.32 Å². The molecule has 0 radical (unpaired) electrons. The Labute approximate surface area is 111 Å². The van der Waals surface area contributed by atoms with E-state index >= 15 is 0 Å². The third-order valence-electron chi connectivity index (χ3n) is 2.35. The lowest BCUT2D eigenvalue weighted by molar-refractivity contribution is -0.136. The minimum atomic E-state index is -0.954. The van der Waals surface area contributed by atoms with Crippen molar-refractivity contribution in [3.63, 3.8) is 0 Å². The first-order valence-electron chi connectivity index (χ1n) is 5.89. The number of hydrogen-bond acceptors (Lipinski definition) is 4. The fraction of sp³-hybridized carbons (Fsp3) is 0.385. The number of hydrogen-bond donors (Lipinski definition) is 2. The van der Waals surface area contributed by atoms with Gasteiger partial charge in [0.05, 0.1) is 20.1 Å². The number of carboxylic acids is 1. The molecule has 0 aliphatic carbocycles. The first kappa shape index (κ1) is 14.8. The molecule has 0 spiro atoms. The lowest BCUT2D eigenvalue weighted by Gasteiger charge is -2.11. The molecule has 0 atom stereocenters. The van der Waals surface area contributed by atoms with E-state index in [9.17, 15) is 9.59 Å². The van der Waals surface area contributed by atoms with Crippen LogP contribution in [0.5, 0.6) is 11.5 Å². The fourth-order valence-electron chi connectivity index (χ4n) is 1.47. The number of methoxy groups -OCH3 is 1. The van der Waals surface area contributed by atoms with Gasteiger partial charge in [0.2, 0.25) is 0 Å². The average molecular weight is 267 g/mol. The summed E-state index contributed by atoms with van der Waals surface area (Å²) in [4.78, 5) is 22.1. The highest BCUT2D eigenvalue weighted by Gasteiger charge is 2.11. The largest absolute Gasteiger partial charge is 0.493 e. The standard InChI is InChI=1S/C13H17NO5/c1-3-19-10-5-4-9(8-11(10)18-2)13(17)14-7-6-12(15)16/h4-5,8H,3,6-7H2,1-2H3,(H,14,17)(H,15,16). The Balaban J connectivity index is 2.72. The summed E-state index contributed by atoms with van der Waals surface area (Å²) in [6.07, 6.45) is -0.111. The quantitative estimate of drug-likeness (QED) is 0.777. The molecule has 6 heteroatoms. The van der Waals surface area contributed by atoms with E-state index in [1.54, 1.807) is 18.2 Å². The van der Waals surface area contributed by atoms with Gasteiger partial charge >= 0.3 is 5.97 Å². The molecular weight excluding hydrogens is 250 g/mol. The first-order chi connectivity index (χ1) is 9.08. The molecule has 0 saturated carbocycles. The zero-order valence-corrected chi connectivity index (χ0v) is 10.9. The number of benzene rings is 1. The van der Waals surface area contributed by atoms with Crippen LogP contribution in [0.3, 0.4) is 0 Å². The molecule has 0 bridgehead atoms. The maximum absolute atomic E-state index is 11.8. The van der Waals surface area contributed by atoms with Crippen LogP contribution in [0.1, 0.15) is 23.7 Å². The molecule has 0 aliphatic heterocycles. The van der Waals surface area contributed by atoms with Crippen molar-refractivity contribution >= 4 is 11.9 Å². The number of nitrogens with one attached hydrogen (secondary N) is 1. The van der Waals surface area contributed by atoms with Crippen LogP contribution >= 0.6 is 0 Å². The smallest absolute Gasteiger partial charge is 0.305 e. The summed E-state index contributed by atoms with van der Waals surface area (Å²) in [7, 11) is 1.49. The molecule has 104 valence electrons. The van der Waals surface area contributed by atoms with Crippen molar-refractivity contribution in [2.45, 2.75) is 13.3 Å². The van der Waals surface area contributed by atoms with Gasteiger partial charge in [0.15, 0.2) is 11.5 Å². The minimum absolute atomic E-state index is 0.0870. The highest BCUT2D eigenvalue weighted by Crippen LogP contribution is 2.27. The number of aliphatic carboxylic acids is 1. The number of carbonyl (C=O) groups excluding carboxylic acids is 1. The van der Waals surface area contributed by atoms with Gasteiger partial charge in [-0.05, 0) is 25.1 Å². The number of carbonyl (C=O) groups is 2. The SMILES string of the molecule is CCOc1ccc(C(=O)NCCC(=O)O)cc1OC. The molecule has 1 rings (SSSR count). The molecule has 19 heavy (non-hydrogen) atoms.